The Balaban J connectivity index is 2.13. The van der Waals surface area contributed by atoms with Crippen LogP contribution in [0, 0.1) is 17.2 Å². The fourth-order valence-corrected chi connectivity index (χ4v) is 2.84. The Labute approximate surface area is 121 Å². The SMILES string of the molecule is CC1(C)CC1CNC(=O)c1cc(S(=O)(=O)Cl)ccc1F. The van der Waals surface area contributed by atoms with Crippen molar-refractivity contribution in [2.45, 2.75) is 25.2 Å². The molecule has 1 aliphatic carbocycles. The highest BCUT2D eigenvalue weighted by Gasteiger charge is 2.45. The van der Waals surface area contributed by atoms with Crippen LogP contribution in [-0.4, -0.2) is 20.9 Å². The predicted molar refractivity (Wildman–Crippen MR) is 73.7 cm³/mol. The van der Waals surface area contributed by atoms with E-state index in [0.29, 0.717) is 12.5 Å². The maximum absolute atomic E-state index is 13.6. The van der Waals surface area contributed by atoms with E-state index in [1.807, 2.05) is 0 Å². The molecule has 0 aromatic heterocycles. The van der Waals surface area contributed by atoms with Gasteiger partial charge in [-0.1, -0.05) is 13.8 Å². The van der Waals surface area contributed by atoms with Crippen molar-refractivity contribution in [3.8, 4) is 0 Å². The second-order valence-electron chi connectivity index (χ2n) is 5.68. The molecule has 0 radical (unpaired) electrons. The normalized spacial score (nSPS) is 20.5. The van der Waals surface area contributed by atoms with Crippen LogP contribution in [0.4, 0.5) is 4.39 Å². The van der Waals surface area contributed by atoms with E-state index >= 15 is 0 Å². The summed E-state index contributed by atoms with van der Waals surface area (Å²) in [6.45, 7) is 4.62. The molecule has 0 bridgehead atoms. The molecule has 7 heteroatoms. The molecule has 1 aliphatic rings. The van der Waals surface area contributed by atoms with E-state index in [1.165, 1.54) is 0 Å². The smallest absolute Gasteiger partial charge is 0.261 e. The molecular weight excluding hydrogens is 305 g/mol. The first-order valence-corrected chi connectivity index (χ1v) is 8.44. The Bertz CT molecular complexity index is 658. The number of amides is 1. The number of halogens is 2. The van der Waals surface area contributed by atoms with Gasteiger partial charge in [0.25, 0.3) is 15.0 Å². The number of carbonyl (C=O) groups is 1. The van der Waals surface area contributed by atoms with Crippen LogP contribution in [0.15, 0.2) is 23.1 Å². The number of hydrogen-bond acceptors (Lipinski definition) is 3. The van der Waals surface area contributed by atoms with E-state index in [-0.39, 0.29) is 15.9 Å². The Hall–Kier alpha value is -1.14. The fraction of sp³-hybridized carbons (Fsp3) is 0.462. The van der Waals surface area contributed by atoms with Gasteiger partial charge in [-0.3, -0.25) is 4.79 Å². The van der Waals surface area contributed by atoms with Gasteiger partial charge in [0.15, 0.2) is 0 Å². The van der Waals surface area contributed by atoms with Gasteiger partial charge in [-0.2, -0.15) is 0 Å². The molecule has 2 rings (SSSR count). The van der Waals surface area contributed by atoms with Gasteiger partial charge in [0.2, 0.25) is 0 Å². The average molecular weight is 320 g/mol. The van der Waals surface area contributed by atoms with Gasteiger partial charge < -0.3 is 5.32 Å². The zero-order valence-electron chi connectivity index (χ0n) is 11.1. The molecule has 20 heavy (non-hydrogen) atoms. The molecule has 1 aromatic rings. The van der Waals surface area contributed by atoms with Crippen molar-refractivity contribution in [1.82, 2.24) is 5.32 Å². The molecule has 1 N–H and O–H groups in total. The largest absolute Gasteiger partial charge is 0.352 e. The summed E-state index contributed by atoms with van der Waals surface area (Å²) in [6.07, 6.45) is 1.01. The highest BCUT2D eigenvalue weighted by atomic mass is 35.7. The van der Waals surface area contributed by atoms with Crippen molar-refractivity contribution in [3.63, 3.8) is 0 Å². The first kappa shape index (κ1) is 15.3. The maximum Gasteiger partial charge on any atom is 0.261 e. The van der Waals surface area contributed by atoms with Gasteiger partial charge in [0, 0.05) is 17.2 Å². The topological polar surface area (TPSA) is 63.2 Å². The van der Waals surface area contributed by atoms with Gasteiger partial charge in [-0.15, -0.1) is 0 Å². The summed E-state index contributed by atoms with van der Waals surface area (Å²) in [5.41, 5.74) is -0.113. The lowest BCUT2D eigenvalue weighted by molar-refractivity contribution is 0.0946. The Morgan fingerprint density at radius 1 is 1.50 bits per heavy atom. The van der Waals surface area contributed by atoms with Gasteiger partial charge in [0.1, 0.15) is 5.82 Å². The highest BCUT2D eigenvalue weighted by Crippen LogP contribution is 2.50. The van der Waals surface area contributed by atoms with Gasteiger partial charge in [-0.05, 0) is 36.0 Å². The van der Waals surface area contributed by atoms with E-state index in [4.69, 9.17) is 10.7 Å². The minimum absolute atomic E-state index is 0.202. The summed E-state index contributed by atoms with van der Waals surface area (Å²) in [4.78, 5) is 11.6. The van der Waals surface area contributed by atoms with Gasteiger partial charge in [-0.25, -0.2) is 12.8 Å². The fourth-order valence-electron chi connectivity index (χ4n) is 2.07. The summed E-state index contributed by atoms with van der Waals surface area (Å²) >= 11 is 0. The van der Waals surface area contributed by atoms with E-state index in [1.54, 1.807) is 0 Å². The van der Waals surface area contributed by atoms with Crippen molar-refractivity contribution in [1.29, 1.82) is 0 Å². The Kier molecular flexibility index (Phi) is 3.81. The number of rotatable bonds is 4. The molecule has 1 atom stereocenters. The molecular formula is C13H15ClFNO3S. The second-order valence-corrected chi connectivity index (χ2v) is 8.25. The van der Waals surface area contributed by atoms with Crippen LogP contribution in [0.1, 0.15) is 30.6 Å². The third kappa shape index (κ3) is 3.30. The molecule has 0 spiro atoms. The van der Waals surface area contributed by atoms with Crippen LogP contribution >= 0.6 is 10.7 Å². The first-order valence-electron chi connectivity index (χ1n) is 6.14. The number of nitrogens with one attached hydrogen (secondary N) is 1. The van der Waals surface area contributed by atoms with E-state index in [2.05, 4.69) is 19.2 Å². The lowest BCUT2D eigenvalue weighted by Gasteiger charge is -2.08. The third-order valence-electron chi connectivity index (χ3n) is 3.69. The molecule has 1 unspecified atom stereocenters. The quantitative estimate of drug-likeness (QED) is 0.867. The van der Waals surface area contributed by atoms with Crippen LogP contribution in [0.2, 0.25) is 0 Å². The lowest BCUT2D eigenvalue weighted by Crippen LogP contribution is -2.27. The summed E-state index contributed by atoms with van der Waals surface area (Å²) < 4.78 is 36.0. The summed E-state index contributed by atoms with van der Waals surface area (Å²) in [7, 11) is 1.19. The molecule has 4 nitrogen and oxygen atoms in total. The van der Waals surface area contributed by atoms with Crippen LogP contribution in [0.3, 0.4) is 0 Å². The molecule has 1 aromatic carbocycles. The maximum atomic E-state index is 13.6. The second kappa shape index (κ2) is 5.00. The summed E-state index contributed by atoms with van der Waals surface area (Å²) in [5.74, 6) is -1.04. The van der Waals surface area contributed by atoms with Crippen molar-refractivity contribution in [2.24, 2.45) is 11.3 Å². The monoisotopic (exact) mass is 319 g/mol. The van der Waals surface area contributed by atoms with Gasteiger partial charge >= 0.3 is 0 Å². The number of carbonyl (C=O) groups excluding carboxylic acids is 1. The molecule has 110 valence electrons. The third-order valence-corrected chi connectivity index (χ3v) is 5.04. The number of benzene rings is 1. The van der Waals surface area contributed by atoms with Crippen molar-refractivity contribution >= 4 is 25.6 Å². The molecule has 1 amide bonds. The minimum atomic E-state index is -3.99. The Morgan fingerprint density at radius 3 is 2.60 bits per heavy atom. The minimum Gasteiger partial charge on any atom is -0.352 e. The van der Waals surface area contributed by atoms with Gasteiger partial charge in [0.05, 0.1) is 10.5 Å². The van der Waals surface area contributed by atoms with Crippen LogP contribution in [-0.2, 0) is 9.05 Å². The highest BCUT2D eigenvalue weighted by molar-refractivity contribution is 8.13. The average Bonchev–Trinajstić information content (AvgIpc) is 2.93. The van der Waals surface area contributed by atoms with E-state index < -0.39 is 20.8 Å². The standard InChI is InChI=1S/C13H15ClFNO3S/c1-13(2)6-8(13)7-16-12(17)10-5-9(20(14,18)19)3-4-11(10)15/h3-5,8H,6-7H2,1-2H3,(H,16,17). The predicted octanol–water partition coefficient (Wildman–Crippen LogP) is 2.53. The summed E-state index contributed by atoms with van der Waals surface area (Å²) in [6, 6.07) is 2.90. The first-order chi connectivity index (χ1) is 9.11. The Morgan fingerprint density at radius 2 is 2.10 bits per heavy atom. The summed E-state index contributed by atoms with van der Waals surface area (Å²) in [5, 5.41) is 2.62. The van der Waals surface area contributed by atoms with Crippen molar-refractivity contribution in [2.75, 3.05) is 6.54 Å². The van der Waals surface area contributed by atoms with E-state index in [9.17, 15) is 17.6 Å². The zero-order valence-corrected chi connectivity index (χ0v) is 12.7. The van der Waals surface area contributed by atoms with Crippen LogP contribution in [0.25, 0.3) is 0 Å². The molecule has 1 saturated carbocycles. The lowest BCUT2D eigenvalue weighted by atomic mass is 10.1. The number of hydrogen-bond donors (Lipinski definition) is 1. The van der Waals surface area contributed by atoms with Crippen molar-refractivity contribution in [3.05, 3.63) is 29.6 Å². The molecule has 0 saturated heterocycles. The molecule has 0 heterocycles. The van der Waals surface area contributed by atoms with Crippen LogP contribution in [0.5, 0.6) is 0 Å². The van der Waals surface area contributed by atoms with Crippen molar-refractivity contribution < 1.29 is 17.6 Å². The zero-order chi connectivity index (χ0) is 15.1. The van der Waals surface area contributed by atoms with E-state index in [0.717, 1.165) is 24.6 Å². The van der Waals surface area contributed by atoms with Crippen LogP contribution < -0.4 is 5.32 Å². The molecule has 1 fully saturated rings. The molecule has 0 aliphatic heterocycles.